The summed E-state index contributed by atoms with van der Waals surface area (Å²) < 4.78 is 5.51. The van der Waals surface area contributed by atoms with Gasteiger partial charge in [-0.05, 0) is 184 Å². The predicted octanol–water partition coefficient (Wildman–Crippen LogP) is 7.19. The van der Waals surface area contributed by atoms with Crippen molar-refractivity contribution in [3.8, 4) is 17.2 Å². The van der Waals surface area contributed by atoms with Crippen LogP contribution in [0.2, 0.25) is 0 Å². The van der Waals surface area contributed by atoms with Crippen LogP contribution in [-0.2, 0) is 11.8 Å². The van der Waals surface area contributed by atoms with Gasteiger partial charge in [-0.2, -0.15) is 0 Å². The molecule has 4 aromatic rings. The molecule has 0 radical (unpaired) electrons. The van der Waals surface area contributed by atoms with Gasteiger partial charge in [0.05, 0.1) is 24.2 Å². The number of piperidine rings is 2. The molecule has 0 unspecified atom stereocenters. The van der Waals surface area contributed by atoms with Crippen LogP contribution in [0.3, 0.4) is 0 Å². The quantitative estimate of drug-likeness (QED) is 0.117. The summed E-state index contributed by atoms with van der Waals surface area (Å²) in [7, 11) is 4.12. The molecule has 1 aromatic heterocycles. The van der Waals surface area contributed by atoms with Crippen LogP contribution in [-0.4, -0.2) is 82.1 Å². The van der Waals surface area contributed by atoms with Crippen LogP contribution in [0.5, 0.6) is 17.2 Å². The maximum atomic E-state index is 9.23. The molecule has 8 N–H and O–H groups in total. The molecule has 10 nitrogen and oxygen atoms in total. The molecule has 3 heterocycles. The number of nitrogens with two attached hydrogens (primary N) is 2. The van der Waals surface area contributed by atoms with Crippen molar-refractivity contribution in [1.29, 1.82) is 0 Å². The molecule has 0 amide bonds. The van der Waals surface area contributed by atoms with E-state index in [9.17, 15) is 5.11 Å². The number of fused-ring (bicyclic) bond motifs is 7. The Morgan fingerprint density at radius 3 is 2.10 bits per heavy atom. The molecule has 3 aromatic carbocycles. The van der Waals surface area contributed by atoms with Crippen molar-refractivity contribution in [2.75, 3.05) is 40.3 Å². The van der Waals surface area contributed by atoms with Crippen LogP contribution >= 0.6 is 0 Å². The number of ether oxygens (including phenoxy) is 1. The number of likely N-dealkylation sites (N-methyl/N-ethyl adjacent to an activating group) is 1. The van der Waals surface area contributed by atoms with Gasteiger partial charge in [-0.25, -0.2) is 0 Å². The summed E-state index contributed by atoms with van der Waals surface area (Å²) in [5.41, 5.74) is 21.1. The minimum Gasteiger partial charge on any atom is -0.504 e. The van der Waals surface area contributed by atoms with Crippen molar-refractivity contribution in [2.45, 2.75) is 118 Å². The highest BCUT2D eigenvalue weighted by atomic mass is 16.5. The van der Waals surface area contributed by atoms with E-state index in [0.717, 1.165) is 59.6 Å². The lowest BCUT2D eigenvalue weighted by Crippen LogP contribution is -2.59. The molecule has 59 heavy (non-hydrogen) atoms. The second-order valence-corrected chi connectivity index (χ2v) is 19.6. The van der Waals surface area contributed by atoms with Crippen molar-refractivity contribution in [1.82, 2.24) is 20.2 Å². The van der Waals surface area contributed by atoms with Crippen LogP contribution in [0.4, 0.5) is 0 Å². The average Bonchev–Trinajstić information content (AvgIpc) is 3.48. The van der Waals surface area contributed by atoms with Crippen LogP contribution in [0.15, 0.2) is 60.9 Å². The number of hydrogen-bond donors (Lipinski definition) is 6. The zero-order valence-electron chi connectivity index (χ0n) is 35.2. The van der Waals surface area contributed by atoms with Crippen molar-refractivity contribution >= 4 is 11.0 Å². The van der Waals surface area contributed by atoms with Crippen molar-refractivity contribution in [3.63, 3.8) is 0 Å². The Kier molecular flexibility index (Phi) is 11.4. The standard InChI is InChI=1S/C18H25NO.C13H13N3.C10H17N.C8H11NO3/c1-19-10-9-18-8-4-3-5-15(18)17(19)11-13-6-7-14(20-2)12-16(13)18;1-2-16-13-5-11-9-3-8(6-14-7-9)10(11)4-12(13)15-1;11-10-4-7-1-8(5-10)3-9(2-7)6-10;9-4-8(12)5-1-2-6(10)7(11)3-5/h6-7,12,15,17H,3-5,8-11H2,1-2H3;1-2,4-5,8-9,14H,3,6-7H2;7-9H,1-6,11H2;1-3,8,10-12H,4,9H2/t15-,17+,18+;8-,9+;;8-/m1..0/s1. The first-order chi connectivity index (χ1) is 28.5. The number of likely N-dealkylation sites (tertiary alicyclic amines) is 1. The van der Waals surface area contributed by atoms with Gasteiger partial charge in [0.1, 0.15) is 5.75 Å². The maximum Gasteiger partial charge on any atom is 0.157 e. The number of phenols is 2. The molecule has 9 aliphatic rings. The fourth-order valence-corrected chi connectivity index (χ4v) is 13.5. The number of rotatable bonds is 3. The molecule has 2 aliphatic heterocycles. The fraction of sp³-hybridized carbons (Fsp3) is 0.592. The zero-order chi connectivity index (χ0) is 40.9. The summed E-state index contributed by atoms with van der Waals surface area (Å²) in [5, 5.41) is 30.7. The molecule has 316 valence electrons. The first kappa shape index (κ1) is 40.6. The van der Waals surface area contributed by atoms with Gasteiger partial charge < -0.3 is 41.7 Å². The molecule has 10 heteroatoms. The summed E-state index contributed by atoms with van der Waals surface area (Å²) in [4.78, 5) is 11.4. The lowest BCUT2D eigenvalue weighted by molar-refractivity contribution is 0.000361. The van der Waals surface area contributed by atoms with E-state index in [-0.39, 0.29) is 18.0 Å². The molecule has 7 aliphatic carbocycles. The highest BCUT2D eigenvalue weighted by molar-refractivity contribution is 5.77. The third kappa shape index (κ3) is 7.96. The second-order valence-electron chi connectivity index (χ2n) is 19.6. The van der Waals surface area contributed by atoms with Gasteiger partial charge in [-0.15, -0.1) is 0 Å². The van der Waals surface area contributed by atoms with Gasteiger partial charge in [0.15, 0.2) is 11.5 Å². The lowest BCUT2D eigenvalue weighted by Gasteiger charge is -2.58. The molecule has 13 rings (SSSR count). The number of aliphatic hydroxyl groups is 1. The molecule has 8 bridgehead atoms. The predicted molar refractivity (Wildman–Crippen MR) is 233 cm³/mol. The van der Waals surface area contributed by atoms with Gasteiger partial charge in [0.25, 0.3) is 0 Å². The second kappa shape index (κ2) is 16.6. The smallest absolute Gasteiger partial charge is 0.157 e. The highest BCUT2D eigenvalue weighted by Gasteiger charge is 2.53. The summed E-state index contributed by atoms with van der Waals surface area (Å²) in [6.45, 7) is 3.59. The van der Waals surface area contributed by atoms with E-state index in [1.54, 1.807) is 30.6 Å². The number of nitrogens with zero attached hydrogens (tertiary/aromatic N) is 3. The maximum absolute atomic E-state index is 9.23. The van der Waals surface area contributed by atoms with Gasteiger partial charge in [0, 0.05) is 49.0 Å². The molecule has 7 fully saturated rings. The number of aliphatic hydroxyl groups excluding tert-OH is 1. The van der Waals surface area contributed by atoms with E-state index in [4.69, 9.17) is 26.4 Å². The molecule has 0 spiro atoms. The number of phenolic OH excluding ortho intramolecular Hbond substituents is 2. The summed E-state index contributed by atoms with van der Waals surface area (Å²) in [6, 6.07) is 16.2. The zero-order valence-corrected chi connectivity index (χ0v) is 35.2. The summed E-state index contributed by atoms with van der Waals surface area (Å²) >= 11 is 0. The van der Waals surface area contributed by atoms with E-state index < -0.39 is 6.10 Å². The molecule has 2 saturated heterocycles. The van der Waals surface area contributed by atoms with E-state index in [2.05, 4.69) is 57.6 Å². The van der Waals surface area contributed by atoms with Gasteiger partial charge in [-0.1, -0.05) is 25.0 Å². The first-order valence-electron chi connectivity index (χ1n) is 22.6. The Morgan fingerprint density at radius 2 is 1.51 bits per heavy atom. The Labute approximate surface area is 350 Å². The summed E-state index contributed by atoms with van der Waals surface area (Å²) in [5.74, 6) is 5.90. The molecule has 5 saturated carbocycles. The number of aromatic nitrogens is 2. The monoisotopic (exact) mass is 803 g/mol. The summed E-state index contributed by atoms with van der Waals surface area (Å²) in [6.07, 6.45) is 20.8. The Hall–Kier alpha value is -3.80. The third-order valence-electron chi connectivity index (χ3n) is 15.9. The Bertz CT molecular complexity index is 2040. The number of hydrogen-bond acceptors (Lipinski definition) is 10. The minimum atomic E-state index is -0.795. The van der Waals surface area contributed by atoms with Crippen molar-refractivity contribution in [3.05, 3.63) is 88.7 Å². The highest BCUT2D eigenvalue weighted by Crippen LogP contribution is 2.56. The molecular formula is C49H66N6O4. The van der Waals surface area contributed by atoms with E-state index >= 15 is 0 Å². The van der Waals surface area contributed by atoms with Crippen LogP contribution in [0.1, 0.15) is 123 Å². The van der Waals surface area contributed by atoms with Gasteiger partial charge in [-0.3, -0.25) is 9.97 Å². The lowest BCUT2D eigenvalue weighted by atomic mass is 9.52. The number of methoxy groups -OCH3 is 1. The van der Waals surface area contributed by atoms with Crippen LogP contribution in [0, 0.1) is 23.7 Å². The first-order valence-corrected chi connectivity index (χ1v) is 22.6. The third-order valence-corrected chi connectivity index (χ3v) is 15.9. The topological polar surface area (TPSA) is 163 Å². The minimum absolute atomic E-state index is 0.0875. The number of benzene rings is 3. The van der Waals surface area contributed by atoms with Crippen LogP contribution < -0.4 is 21.5 Å². The fourth-order valence-electron chi connectivity index (χ4n) is 13.5. The molecule has 6 atom stereocenters. The Morgan fingerprint density at radius 1 is 0.847 bits per heavy atom. The molecular weight excluding hydrogens is 737 g/mol. The van der Waals surface area contributed by atoms with E-state index in [1.807, 2.05) is 0 Å². The largest absolute Gasteiger partial charge is 0.504 e. The van der Waals surface area contributed by atoms with Gasteiger partial charge >= 0.3 is 0 Å². The normalized spacial score (nSPS) is 33.4. The van der Waals surface area contributed by atoms with E-state index in [1.165, 1.54) is 119 Å². The van der Waals surface area contributed by atoms with Crippen LogP contribution in [0.25, 0.3) is 11.0 Å². The van der Waals surface area contributed by atoms with Gasteiger partial charge in [0.2, 0.25) is 0 Å². The number of aromatic hydroxyl groups is 2. The van der Waals surface area contributed by atoms with Crippen molar-refractivity contribution < 1.29 is 20.1 Å². The SMILES string of the molecule is COc1ccc2c(c1)[C@]13CCCC[C@@H]1[C@H](C2)N(C)CC3.NC12CC3CC(CC(C3)C1)C2.NC[C@H](O)c1ccc(O)c(O)c1.c1cnc2cc3c(cc2n1)[C@@H]1CNC[C@H]3C1. The number of nitrogens with one attached hydrogen (secondary N) is 1. The van der Waals surface area contributed by atoms with E-state index in [0.29, 0.717) is 28.4 Å². The van der Waals surface area contributed by atoms with Crippen molar-refractivity contribution in [2.24, 2.45) is 35.1 Å². The average molecular weight is 803 g/mol. The Balaban J connectivity index is 0.000000104.